The molecule has 1 heterocycles. The van der Waals surface area contributed by atoms with Crippen molar-refractivity contribution in [3.05, 3.63) is 108 Å². The Morgan fingerprint density at radius 2 is 1.59 bits per heavy atom. The van der Waals surface area contributed by atoms with Gasteiger partial charge in [-0.25, -0.2) is 0 Å². The number of methoxy groups -OCH3 is 1. The Balaban J connectivity index is 1.42. The number of hydrogen-bond acceptors (Lipinski definition) is 5. The van der Waals surface area contributed by atoms with Crippen molar-refractivity contribution in [3.8, 4) is 17.1 Å². The zero-order chi connectivity index (χ0) is 23.6. The molecule has 0 aliphatic heterocycles. The van der Waals surface area contributed by atoms with E-state index in [2.05, 4.69) is 22.3 Å². The Morgan fingerprint density at radius 3 is 2.29 bits per heavy atom. The van der Waals surface area contributed by atoms with E-state index in [0.29, 0.717) is 31.2 Å². The Bertz CT molecular complexity index is 1200. The number of rotatable bonds is 10. The molecule has 0 atom stereocenters. The topological polar surface area (TPSA) is 68.5 Å². The van der Waals surface area contributed by atoms with Crippen LogP contribution in [0, 0.1) is 0 Å². The maximum Gasteiger partial charge on any atom is 0.246 e. The van der Waals surface area contributed by atoms with Gasteiger partial charge in [0.2, 0.25) is 17.6 Å². The first kappa shape index (κ1) is 23.0. The van der Waals surface area contributed by atoms with Crippen molar-refractivity contribution in [1.82, 2.24) is 15.0 Å². The van der Waals surface area contributed by atoms with E-state index in [1.807, 2.05) is 83.8 Å². The second-order valence-electron chi connectivity index (χ2n) is 7.80. The van der Waals surface area contributed by atoms with E-state index in [9.17, 15) is 4.79 Å². The smallest absolute Gasteiger partial charge is 0.246 e. The molecule has 3 aromatic carbocycles. The van der Waals surface area contributed by atoms with Gasteiger partial charge in [0, 0.05) is 31.1 Å². The van der Waals surface area contributed by atoms with Gasteiger partial charge in [-0.2, -0.15) is 4.98 Å². The lowest BCUT2D eigenvalue weighted by atomic mass is 10.1. The molecule has 0 spiro atoms. The number of amides is 1. The molecule has 4 rings (SSSR count). The van der Waals surface area contributed by atoms with Crippen molar-refractivity contribution in [2.45, 2.75) is 12.8 Å². The quantitative estimate of drug-likeness (QED) is 0.314. The third-order valence-electron chi connectivity index (χ3n) is 5.45. The molecule has 0 aliphatic rings. The lowest BCUT2D eigenvalue weighted by Gasteiger charge is -2.20. The van der Waals surface area contributed by atoms with Crippen LogP contribution in [-0.2, 0) is 17.6 Å². The molecule has 0 N–H and O–H groups in total. The first-order chi connectivity index (χ1) is 16.7. The molecule has 0 fully saturated rings. The van der Waals surface area contributed by atoms with Crippen molar-refractivity contribution in [2.75, 3.05) is 20.2 Å². The summed E-state index contributed by atoms with van der Waals surface area (Å²) in [5, 5.41) is 4.09. The number of nitrogens with zero attached hydrogens (tertiary/aromatic N) is 3. The average molecular weight is 454 g/mol. The average Bonchev–Trinajstić information content (AvgIpc) is 3.37. The summed E-state index contributed by atoms with van der Waals surface area (Å²) < 4.78 is 10.6. The fourth-order valence-corrected chi connectivity index (χ4v) is 3.52. The van der Waals surface area contributed by atoms with Gasteiger partial charge in [-0.05, 0) is 47.9 Å². The molecule has 34 heavy (non-hydrogen) atoms. The summed E-state index contributed by atoms with van der Waals surface area (Å²) >= 11 is 0. The largest absolute Gasteiger partial charge is 0.497 e. The van der Waals surface area contributed by atoms with E-state index in [1.54, 1.807) is 13.2 Å². The number of aromatic nitrogens is 2. The van der Waals surface area contributed by atoms with Gasteiger partial charge in [-0.1, -0.05) is 65.8 Å². The molecule has 0 saturated carbocycles. The van der Waals surface area contributed by atoms with Crippen LogP contribution in [0.15, 0.2) is 95.5 Å². The Morgan fingerprint density at radius 1 is 0.912 bits per heavy atom. The predicted molar refractivity (Wildman–Crippen MR) is 132 cm³/mol. The number of carbonyl (C=O) groups excluding carboxylic acids is 1. The van der Waals surface area contributed by atoms with Crippen molar-refractivity contribution in [3.63, 3.8) is 0 Å². The standard InChI is InChI=1S/C28H27N3O3/c1-33-25-15-13-24(14-16-25)28-29-26(34-30-28)19-21-31(20-18-23-10-6-3-7-11-23)27(32)17-12-22-8-4-2-5-9-22/h2-17H,18-21H2,1H3/b17-12+. The minimum atomic E-state index is -0.0466. The summed E-state index contributed by atoms with van der Waals surface area (Å²) in [5.74, 6) is 1.73. The molecule has 172 valence electrons. The molecule has 0 radical (unpaired) electrons. The maximum atomic E-state index is 13.0. The number of carbonyl (C=O) groups is 1. The molecule has 6 heteroatoms. The number of ether oxygens (including phenoxy) is 1. The maximum absolute atomic E-state index is 13.0. The van der Waals surface area contributed by atoms with Gasteiger partial charge in [0.1, 0.15) is 5.75 Å². The minimum Gasteiger partial charge on any atom is -0.497 e. The van der Waals surface area contributed by atoms with Crippen LogP contribution in [-0.4, -0.2) is 41.1 Å². The molecule has 1 amide bonds. The fraction of sp³-hybridized carbons (Fsp3) is 0.179. The molecule has 0 bridgehead atoms. The third-order valence-corrected chi connectivity index (χ3v) is 5.45. The summed E-state index contributed by atoms with van der Waals surface area (Å²) in [7, 11) is 1.63. The highest BCUT2D eigenvalue weighted by Crippen LogP contribution is 2.20. The summed E-state index contributed by atoms with van der Waals surface area (Å²) in [5.41, 5.74) is 3.02. The molecular weight excluding hydrogens is 426 g/mol. The summed E-state index contributed by atoms with van der Waals surface area (Å²) in [4.78, 5) is 19.3. The van der Waals surface area contributed by atoms with Crippen LogP contribution in [0.3, 0.4) is 0 Å². The zero-order valence-corrected chi connectivity index (χ0v) is 19.1. The van der Waals surface area contributed by atoms with Gasteiger partial charge >= 0.3 is 0 Å². The Labute approximate surface area is 199 Å². The molecule has 4 aromatic rings. The molecule has 6 nitrogen and oxygen atoms in total. The second-order valence-corrected chi connectivity index (χ2v) is 7.80. The predicted octanol–water partition coefficient (Wildman–Crippen LogP) is 5.07. The normalized spacial score (nSPS) is 11.0. The zero-order valence-electron chi connectivity index (χ0n) is 19.1. The van der Waals surface area contributed by atoms with Crippen LogP contribution in [0.4, 0.5) is 0 Å². The first-order valence-electron chi connectivity index (χ1n) is 11.2. The van der Waals surface area contributed by atoms with Gasteiger partial charge in [-0.15, -0.1) is 0 Å². The number of hydrogen-bond donors (Lipinski definition) is 0. The second kappa shape index (κ2) is 11.6. The lowest BCUT2D eigenvalue weighted by molar-refractivity contribution is -0.126. The van der Waals surface area contributed by atoms with Crippen molar-refractivity contribution in [2.24, 2.45) is 0 Å². The minimum absolute atomic E-state index is 0.0466. The van der Waals surface area contributed by atoms with Gasteiger partial charge in [0.15, 0.2) is 0 Å². The van der Waals surface area contributed by atoms with Crippen LogP contribution in [0.25, 0.3) is 17.5 Å². The van der Waals surface area contributed by atoms with E-state index >= 15 is 0 Å². The van der Waals surface area contributed by atoms with Gasteiger partial charge < -0.3 is 14.2 Å². The van der Waals surface area contributed by atoms with Gasteiger partial charge in [0.25, 0.3) is 0 Å². The van der Waals surface area contributed by atoms with E-state index < -0.39 is 0 Å². The van der Waals surface area contributed by atoms with Gasteiger partial charge in [-0.3, -0.25) is 4.79 Å². The fourth-order valence-electron chi connectivity index (χ4n) is 3.52. The summed E-state index contributed by atoms with van der Waals surface area (Å²) in [6.07, 6.45) is 4.71. The number of benzene rings is 3. The summed E-state index contributed by atoms with van der Waals surface area (Å²) in [6.45, 7) is 1.08. The molecule has 0 saturated heterocycles. The van der Waals surface area contributed by atoms with E-state index in [0.717, 1.165) is 23.3 Å². The highest BCUT2D eigenvalue weighted by molar-refractivity contribution is 5.91. The van der Waals surface area contributed by atoms with Gasteiger partial charge in [0.05, 0.1) is 7.11 Å². The molecule has 0 aliphatic carbocycles. The van der Waals surface area contributed by atoms with Crippen LogP contribution in [0.5, 0.6) is 5.75 Å². The van der Waals surface area contributed by atoms with Crippen molar-refractivity contribution >= 4 is 12.0 Å². The first-order valence-corrected chi connectivity index (χ1v) is 11.2. The van der Waals surface area contributed by atoms with E-state index in [1.165, 1.54) is 5.56 Å². The van der Waals surface area contributed by atoms with Crippen molar-refractivity contribution < 1.29 is 14.1 Å². The Hall–Kier alpha value is -4.19. The monoisotopic (exact) mass is 453 g/mol. The SMILES string of the molecule is COc1ccc(-c2noc(CCN(CCc3ccccc3)C(=O)/C=C/c3ccccc3)n2)cc1. The van der Waals surface area contributed by atoms with Crippen LogP contribution in [0.2, 0.25) is 0 Å². The Kier molecular flexibility index (Phi) is 7.85. The highest BCUT2D eigenvalue weighted by atomic mass is 16.5. The molecule has 0 unspecified atom stereocenters. The molecule has 1 aromatic heterocycles. The lowest BCUT2D eigenvalue weighted by Crippen LogP contribution is -2.33. The van der Waals surface area contributed by atoms with E-state index in [-0.39, 0.29) is 5.91 Å². The molecular formula is C28H27N3O3. The summed E-state index contributed by atoms with van der Waals surface area (Å²) in [6, 6.07) is 27.4. The van der Waals surface area contributed by atoms with Crippen LogP contribution in [0.1, 0.15) is 17.0 Å². The van der Waals surface area contributed by atoms with Crippen LogP contribution >= 0.6 is 0 Å². The third kappa shape index (κ3) is 6.42. The van der Waals surface area contributed by atoms with E-state index in [4.69, 9.17) is 9.26 Å². The van der Waals surface area contributed by atoms with Crippen molar-refractivity contribution in [1.29, 1.82) is 0 Å². The highest BCUT2D eigenvalue weighted by Gasteiger charge is 2.14. The van der Waals surface area contributed by atoms with Crippen LogP contribution < -0.4 is 4.74 Å².